The van der Waals surface area contributed by atoms with Crippen LogP contribution >= 0.6 is 0 Å². The maximum Gasteiger partial charge on any atom is 0.326 e. The van der Waals surface area contributed by atoms with Gasteiger partial charge in [0, 0.05) is 0 Å². The Kier molecular flexibility index (Phi) is 2.73. The second-order valence-corrected chi connectivity index (χ2v) is 3.39. The summed E-state index contributed by atoms with van der Waals surface area (Å²) in [7, 11) is 0. The van der Waals surface area contributed by atoms with Crippen LogP contribution in [0.15, 0.2) is 0 Å². The van der Waals surface area contributed by atoms with E-state index in [1.54, 1.807) is 6.92 Å². The molecular weight excluding hydrogens is 154 g/mol. The zero-order valence-electron chi connectivity index (χ0n) is 7.80. The summed E-state index contributed by atoms with van der Waals surface area (Å²) in [5.74, 6) is 0.136. The molecule has 12 heavy (non-hydrogen) atoms. The van der Waals surface area contributed by atoms with E-state index < -0.39 is 5.54 Å². The highest BCUT2D eigenvalue weighted by atomic mass is 16.5. The van der Waals surface area contributed by atoms with Gasteiger partial charge in [0.15, 0.2) is 0 Å². The van der Waals surface area contributed by atoms with Crippen LogP contribution in [0, 0.1) is 5.92 Å². The number of rotatable bonds is 4. The molecule has 0 radical (unpaired) electrons. The lowest BCUT2D eigenvalue weighted by Crippen LogP contribution is -2.50. The molecule has 0 aromatic heterocycles. The number of hydrogen-bond donors (Lipinski definition) is 1. The van der Waals surface area contributed by atoms with Crippen molar-refractivity contribution >= 4 is 5.97 Å². The Balaban J connectivity index is 2.58. The van der Waals surface area contributed by atoms with E-state index in [4.69, 9.17) is 10.5 Å². The van der Waals surface area contributed by atoms with Gasteiger partial charge >= 0.3 is 5.97 Å². The van der Waals surface area contributed by atoms with E-state index in [-0.39, 0.29) is 5.97 Å². The monoisotopic (exact) mass is 171 g/mol. The number of carbonyl (C=O) groups excluding carboxylic acids is 1. The summed E-state index contributed by atoms with van der Waals surface area (Å²) in [6.45, 7) is 4.17. The van der Waals surface area contributed by atoms with Gasteiger partial charge in [-0.15, -0.1) is 0 Å². The molecule has 0 aromatic carbocycles. The minimum Gasteiger partial charge on any atom is -0.465 e. The number of hydrogen-bond acceptors (Lipinski definition) is 3. The molecule has 0 aromatic rings. The van der Waals surface area contributed by atoms with Crippen molar-refractivity contribution in [3.05, 3.63) is 0 Å². The van der Waals surface area contributed by atoms with E-state index in [1.807, 2.05) is 6.92 Å². The molecule has 3 heteroatoms. The first-order valence-corrected chi connectivity index (χ1v) is 4.61. The summed E-state index contributed by atoms with van der Waals surface area (Å²) in [5.41, 5.74) is 5.26. The number of ether oxygens (including phenoxy) is 1. The van der Waals surface area contributed by atoms with Crippen molar-refractivity contribution in [2.45, 2.75) is 38.6 Å². The largest absolute Gasteiger partial charge is 0.465 e. The van der Waals surface area contributed by atoms with Gasteiger partial charge in [0.2, 0.25) is 0 Å². The van der Waals surface area contributed by atoms with Gasteiger partial charge in [-0.25, -0.2) is 0 Å². The van der Waals surface area contributed by atoms with Crippen molar-refractivity contribution in [1.29, 1.82) is 0 Å². The van der Waals surface area contributed by atoms with Crippen LogP contribution in [0.25, 0.3) is 0 Å². The number of carbonyl (C=O) groups is 1. The van der Waals surface area contributed by atoms with Crippen LogP contribution in [-0.4, -0.2) is 18.1 Å². The maximum atomic E-state index is 11.4. The highest BCUT2D eigenvalue weighted by Crippen LogP contribution is 2.40. The standard InChI is InChI=1S/C9H17NO2/c1-3-9(10,7-5-6-7)8(11)12-4-2/h7H,3-6,10H2,1-2H3. The summed E-state index contributed by atoms with van der Waals surface area (Å²) < 4.78 is 4.94. The fourth-order valence-electron chi connectivity index (χ4n) is 1.46. The summed E-state index contributed by atoms with van der Waals surface area (Å²) >= 11 is 0. The van der Waals surface area contributed by atoms with Crippen molar-refractivity contribution in [2.75, 3.05) is 6.61 Å². The average Bonchev–Trinajstić information content (AvgIpc) is 2.86. The van der Waals surface area contributed by atoms with Crippen LogP contribution in [-0.2, 0) is 9.53 Å². The molecule has 0 heterocycles. The molecule has 1 atom stereocenters. The van der Waals surface area contributed by atoms with Gasteiger partial charge in [0.1, 0.15) is 5.54 Å². The third-order valence-electron chi connectivity index (χ3n) is 2.55. The third kappa shape index (κ3) is 1.61. The fraction of sp³-hybridized carbons (Fsp3) is 0.889. The first kappa shape index (κ1) is 9.52. The molecule has 0 aliphatic heterocycles. The van der Waals surface area contributed by atoms with Gasteiger partial charge in [0.25, 0.3) is 0 Å². The molecule has 0 saturated heterocycles. The van der Waals surface area contributed by atoms with Crippen LogP contribution in [0.3, 0.4) is 0 Å². The Labute approximate surface area is 73.3 Å². The summed E-state index contributed by atoms with van der Waals surface area (Å²) in [6, 6.07) is 0. The molecule has 1 rings (SSSR count). The predicted molar refractivity (Wildman–Crippen MR) is 46.6 cm³/mol. The van der Waals surface area contributed by atoms with Gasteiger partial charge in [-0.3, -0.25) is 4.79 Å². The predicted octanol–water partition coefficient (Wildman–Crippen LogP) is 1.07. The number of esters is 1. The smallest absolute Gasteiger partial charge is 0.326 e. The second kappa shape index (κ2) is 3.44. The molecule has 1 saturated carbocycles. The molecule has 0 spiro atoms. The Hall–Kier alpha value is -0.570. The van der Waals surface area contributed by atoms with Crippen molar-refractivity contribution in [2.24, 2.45) is 11.7 Å². The Morgan fingerprint density at radius 1 is 1.58 bits per heavy atom. The van der Waals surface area contributed by atoms with Gasteiger partial charge in [-0.05, 0) is 32.1 Å². The lowest BCUT2D eigenvalue weighted by Gasteiger charge is -2.25. The van der Waals surface area contributed by atoms with Gasteiger partial charge in [-0.2, -0.15) is 0 Å². The topological polar surface area (TPSA) is 52.3 Å². The quantitative estimate of drug-likeness (QED) is 0.644. The van der Waals surface area contributed by atoms with Crippen molar-refractivity contribution in [1.82, 2.24) is 0 Å². The molecule has 1 aliphatic carbocycles. The highest BCUT2D eigenvalue weighted by Gasteiger charge is 2.47. The Morgan fingerprint density at radius 2 is 2.17 bits per heavy atom. The van der Waals surface area contributed by atoms with E-state index in [0.717, 1.165) is 12.8 Å². The summed E-state index contributed by atoms with van der Waals surface area (Å²) in [5, 5.41) is 0. The number of nitrogens with two attached hydrogens (primary N) is 1. The lowest BCUT2D eigenvalue weighted by molar-refractivity contribution is -0.150. The third-order valence-corrected chi connectivity index (χ3v) is 2.55. The molecule has 1 unspecified atom stereocenters. The zero-order chi connectivity index (χ0) is 9.19. The molecule has 70 valence electrons. The first-order valence-electron chi connectivity index (χ1n) is 4.61. The van der Waals surface area contributed by atoms with E-state index >= 15 is 0 Å². The molecule has 3 nitrogen and oxygen atoms in total. The van der Waals surface area contributed by atoms with Gasteiger partial charge in [-0.1, -0.05) is 6.92 Å². The van der Waals surface area contributed by atoms with Gasteiger partial charge in [0.05, 0.1) is 6.61 Å². The Morgan fingerprint density at radius 3 is 2.50 bits per heavy atom. The Bertz CT molecular complexity index is 177. The molecule has 1 aliphatic rings. The second-order valence-electron chi connectivity index (χ2n) is 3.39. The molecule has 1 fully saturated rings. The molecule has 2 N–H and O–H groups in total. The van der Waals surface area contributed by atoms with Crippen LogP contribution in [0.5, 0.6) is 0 Å². The van der Waals surface area contributed by atoms with Crippen LogP contribution in [0.2, 0.25) is 0 Å². The van der Waals surface area contributed by atoms with Crippen molar-refractivity contribution < 1.29 is 9.53 Å². The van der Waals surface area contributed by atoms with E-state index in [0.29, 0.717) is 18.9 Å². The molecule has 0 amide bonds. The van der Waals surface area contributed by atoms with Crippen LogP contribution in [0.4, 0.5) is 0 Å². The summed E-state index contributed by atoms with van der Waals surface area (Å²) in [4.78, 5) is 11.4. The van der Waals surface area contributed by atoms with Crippen LogP contribution < -0.4 is 5.73 Å². The fourth-order valence-corrected chi connectivity index (χ4v) is 1.46. The van der Waals surface area contributed by atoms with E-state index in [9.17, 15) is 4.79 Å². The average molecular weight is 171 g/mol. The lowest BCUT2D eigenvalue weighted by atomic mass is 9.92. The zero-order valence-corrected chi connectivity index (χ0v) is 7.80. The van der Waals surface area contributed by atoms with Crippen LogP contribution in [0.1, 0.15) is 33.1 Å². The highest BCUT2D eigenvalue weighted by molar-refractivity contribution is 5.81. The minimum atomic E-state index is -0.698. The first-order chi connectivity index (χ1) is 5.65. The van der Waals surface area contributed by atoms with Crippen molar-refractivity contribution in [3.8, 4) is 0 Å². The van der Waals surface area contributed by atoms with E-state index in [2.05, 4.69) is 0 Å². The van der Waals surface area contributed by atoms with Gasteiger partial charge < -0.3 is 10.5 Å². The molecular formula is C9H17NO2. The summed E-state index contributed by atoms with van der Waals surface area (Å²) in [6.07, 6.45) is 2.82. The van der Waals surface area contributed by atoms with E-state index in [1.165, 1.54) is 0 Å². The minimum absolute atomic E-state index is 0.227. The van der Waals surface area contributed by atoms with Crippen molar-refractivity contribution in [3.63, 3.8) is 0 Å². The SMILES string of the molecule is CCOC(=O)C(N)(CC)C1CC1. The maximum absolute atomic E-state index is 11.4. The normalized spacial score (nSPS) is 21.6. The molecule has 0 bridgehead atoms.